The van der Waals surface area contributed by atoms with Crippen molar-refractivity contribution in [1.29, 1.82) is 0 Å². The summed E-state index contributed by atoms with van der Waals surface area (Å²) in [6.45, 7) is 11.1. The lowest BCUT2D eigenvalue weighted by Crippen LogP contribution is -2.25. The molecular formula is C45H62O8. The van der Waals surface area contributed by atoms with Gasteiger partial charge >= 0.3 is 11.9 Å². The van der Waals surface area contributed by atoms with Gasteiger partial charge in [-0.25, -0.2) is 9.59 Å². The maximum absolute atomic E-state index is 12.2. The van der Waals surface area contributed by atoms with Crippen LogP contribution in [0.15, 0.2) is 78.9 Å². The summed E-state index contributed by atoms with van der Waals surface area (Å²) in [4.78, 5) is 24.0. The molecule has 8 nitrogen and oxygen atoms in total. The van der Waals surface area contributed by atoms with Crippen molar-refractivity contribution in [1.82, 2.24) is 0 Å². The van der Waals surface area contributed by atoms with Crippen molar-refractivity contribution in [2.45, 2.75) is 89.9 Å². The molecule has 0 aromatic heterocycles. The standard InChI is InChI=1S/C45H62O8/c1-6-7-8-11-35-12-14-36(15-13-35)37-16-18-39(19-17-37)42-30-40(22-25-43(42)51-28-29-53-45(47)34(3)32-49-5)38-20-23-41(24-21-38)50-26-9-10-27-52-44(46)33(2)31-48-4/h6-7,20-25,30,35-37,39H,2-3,8-19,26-29,31-32H2,1,4-5H3/b7-6+. The fourth-order valence-corrected chi connectivity index (χ4v) is 7.79. The van der Waals surface area contributed by atoms with Gasteiger partial charge in [0, 0.05) is 14.2 Å². The maximum atomic E-state index is 12.2. The minimum absolute atomic E-state index is 0.143. The summed E-state index contributed by atoms with van der Waals surface area (Å²) in [5.41, 5.74) is 4.08. The zero-order valence-corrected chi connectivity index (χ0v) is 32.4. The molecule has 2 aliphatic carbocycles. The van der Waals surface area contributed by atoms with E-state index < -0.39 is 11.9 Å². The van der Waals surface area contributed by atoms with Gasteiger partial charge < -0.3 is 28.4 Å². The first-order chi connectivity index (χ1) is 25.8. The first kappa shape index (κ1) is 41.9. The monoisotopic (exact) mass is 730 g/mol. The predicted octanol–water partition coefficient (Wildman–Crippen LogP) is 9.82. The second-order valence-corrected chi connectivity index (χ2v) is 14.6. The molecule has 0 N–H and O–H groups in total. The molecule has 0 unspecified atom stereocenters. The number of carbonyl (C=O) groups excluding carboxylic acids is 2. The fraction of sp³-hybridized carbons (Fsp3) is 0.556. The lowest BCUT2D eigenvalue weighted by molar-refractivity contribution is -0.141. The van der Waals surface area contributed by atoms with Crippen LogP contribution in [0.2, 0.25) is 0 Å². The first-order valence-electron chi connectivity index (χ1n) is 19.6. The van der Waals surface area contributed by atoms with Crippen LogP contribution in [-0.4, -0.2) is 65.8 Å². The smallest absolute Gasteiger partial charge is 0.335 e. The molecule has 0 aliphatic heterocycles. The molecule has 8 heteroatoms. The highest BCUT2D eigenvalue weighted by Crippen LogP contribution is 2.46. The van der Waals surface area contributed by atoms with E-state index in [0.717, 1.165) is 59.6 Å². The van der Waals surface area contributed by atoms with Crippen LogP contribution >= 0.6 is 0 Å². The molecule has 0 amide bonds. The van der Waals surface area contributed by atoms with Crippen molar-refractivity contribution in [3.8, 4) is 22.6 Å². The summed E-state index contributed by atoms with van der Waals surface area (Å²) < 4.78 is 32.8. The van der Waals surface area contributed by atoms with Crippen molar-refractivity contribution in [3.63, 3.8) is 0 Å². The average molecular weight is 731 g/mol. The summed E-state index contributed by atoms with van der Waals surface area (Å²) in [5.74, 6) is 3.77. The highest BCUT2D eigenvalue weighted by Gasteiger charge is 2.32. The van der Waals surface area contributed by atoms with Crippen LogP contribution in [0.5, 0.6) is 11.5 Å². The molecule has 0 heterocycles. The molecule has 0 atom stereocenters. The van der Waals surface area contributed by atoms with Gasteiger partial charge in [-0.3, -0.25) is 0 Å². The van der Waals surface area contributed by atoms with Crippen molar-refractivity contribution < 1.29 is 38.0 Å². The Kier molecular flexibility index (Phi) is 18.2. The average Bonchev–Trinajstić information content (AvgIpc) is 3.18. The molecule has 0 saturated heterocycles. The fourth-order valence-electron chi connectivity index (χ4n) is 7.79. The number of hydrogen-bond acceptors (Lipinski definition) is 8. The molecule has 53 heavy (non-hydrogen) atoms. The van der Waals surface area contributed by atoms with Gasteiger partial charge in [-0.05, 0) is 136 Å². The van der Waals surface area contributed by atoms with E-state index in [1.165, 1.54) is 71.1 Å². The van der Waals surface area contributed by atoms with E-state index in [1.807, 2.05) is 12.1 Å². The number of allylic oxidation sites excluding steroid dienone is 2. The lowest BCUT2D eigenvalue weighted by Gasteiger charge is -2.38. The molecule has 2 aromatic rings. The Balaban J connectivity index is 1.33. The highest BCUT2D eigenvalue weighted by molar-refractivity contribution is 5.88. The van der Waals surface area contributed by atoms with Crippen LogP contribution < -0.4 is 9.47 Å². The van der Waals surface area contributed by atoms with E-state index in [-0.39, 0.29) is 32.0 Å². The van der Waals surface area contributed by atoms with Crippen LogP contribution in [0.1, 0.15) is 95.5 Å². The maximum Gasteiger partial charge on any atom is 0.335 e. The molecule has 0 bridgehead atoms. The number of carbonyl (C=O) groups is 2. The van der Waals surface area contributed by atoms with Crippen molar-refractivity contribution in [3.05, 3.63) is 84.5 Å². The van der Waals surface area contributed by atoms with E-state index in [4.69, 9.17) is 28.4 Å². The molecule has 0 radical (unpaired) electrons. The summed E-state index contributed by atoms with van der Waals surface area (Å²) in [6.07, 6.45) is 18.9. The topological polar surface area (TPSA) is 89.5 Å². The Labute approximate surface area is 317 Å². The Morgan fingerprint density at radius 2 is 1.28 bits per heavy atom. The number of esters is 2. The van der Waals surface area contributed by atoms with E-state index in [1.54, 1.807) is 0 Å². The summed E-state index contributed by atoms with van der Waals surface area (Å²) in [5, 5.41) is 0. The Bertz CT molecular complexity index is 1460. The molecule has 2 aromatic carbocycles. The zero-order chi connectivity index (χ0) is 37.8. The predicted molar refractivity (Wildman–Crippen MR) is 210 cm³/mol. The Morgan fingerprint density at radius 1 is 0.698 bits per heavy atom. The number of hydrogen-bond donors (Lipinski definition) is 0. The SMILES string of the molecule is C=C(COC)C(=O)OCCCCOc1ccc(-c2ccc(OCCOC(=O)C(=C)COC)c(C3CCC(C4CCC(CC/C=C/C)CC4)CC3)c2)cc1. The minimum atomic E-state index is -0.463. The normalized spacial score (nSPS) is 20.1. The number of rotatable bonds is 22. The van der Waals surface area contributed by atoms with Crippen molar-refractivity contribution in [2.75, 3.05) is 53.9 Å². The summed E-state index contributed by atoms with van der Waals surface area (Å²) >= 11 is 0. The van der Waals surface area contributed by atoms with E-state index in [0.29, 0.717) is 31.1 Å². The number of methoxy groups -OCH3 is 2. The Morgan fingerprint density at radius 3 is 1.91 bits per heavy atom. The largest absolute Gasteiger partial charge is 0.494 e. The first-order valence-corrected chi connectivity index (χ1v) is 19.6. The van der Waals surface area contributed by atoms with Gasteiger partial charge in [0.25, 0.3) is 0 Å². The third kappa shape index (κ3) is 13.8. The van der Waals surface area contributed by atoms with Gasteiger partial charge in [0.2, 0.25) is 0 Å². The summed E-state index contributed by atoms with van der Waals surface area (Å²) in [7, 11) is 3.04. The van der Waals surface area contributed by atoms with Crippen molar-refractivity contribution in [2.24, 2.45) is 17.8 Å². The molecule has 4 rings (SSSR count). The van der Waals surface area contributed by atoms with Crippen molar-refractivity contribution >= 4 is 11.9 Å². The molecule has 2 fully saturated rings. The minimum Gasteiger partial charge on any atom is -0.494 e. The number of ether oxygens (including phenoxy) is 6. The van der Waals surface area contributed by atoms with Gasteiger partial charge in [0.1, 0.15) is 24.7 Å². The van der Waals surface area contributed by atoms with Crippen LogP contribution in [0, 0.1) is 17.8 Å². The third-order valence-corrected chi connectivity index (χ3v) is 10.8. The summed E-state index contributed by atoms with van der Waals surface area (Å²) in [6, 6.07) is 14.7. The van der Waals surface area contributed by atoms with Gasteiger partial charge in [-0.15, -0.1) is 0 Å². The van der Waals surface area contributed by atoms with Crippen LogP contribution in [0.25, 0.3) is 11.1 Å². The van der Waals surface area contributed by atoms with E-state index in [9.17, 15) is 9.59 Å². The van der Waals surface area contributed by atoms with Crippen LogP contribution in [0.4, 0.5) is 0 Å². The van der Waals surface area contributed by atoms with Gasteiger partial charge in [-0.1, -0.05) is 56.4 Å². The van der Waals surface area contributed by atoms with Gasteiger partial charge in [-0.2, -0.15) is 0 Å². The molecular weight excluding hydrogens is 668 g/mol. The van der Waals surface area contributed by atoms with Crippen LogP contribution in [-0.2, 0) is 28.5 Å². The number of benzene rings is 2. The van der Waals surface area contributed by atoms with Crippen LogP contribution in [0.3, 0.4) is 0 Å². The zero-order valence-electron chi connectivity index (χ0n) is 32.4. The number of unbranched alkanes of at least 4 members (excludes halogenated alkanes) is 1. The molecule has 0 spiro atoms. The third-order valence-electron chi connectivity index (χ3n) is 10.8. The molecule has 2 aliphatic rings. The lowest BCUT2D eigenvalue weighted by atomic mass is 9.68. The second-order valence-electron chi connectivity index (χ2n) is 14.6. The Hall–Kier alpha value is -3.88. The quantitative estimate of drug-likeness (QED) is 0.0512. The van der Waals surface area contributed by atoms with Gasteiger partial charge in [0.05, 0.1) is 37.6 Å². The second kappa shape index (κ2) is 23.0. The van der Waals surface area contributed by atoms with E-state index >= 15 is 0 Å². The highest BCUT2D eigenvalue weighted by atomic mass is 16.6. The van der Waals surface area contributed by atoms with Gasteiger partial charge in [0.15, 0.2) is 0 Å². The molecule has 290 valence electrons. The molecule has 2 saturated carbocycles. The van der Waals surface area contributed by atoms with E-state index in [2.05, 4.69) is 62.6 Å².